The molecule has 1 aromatic heterocycles. The van der Waals surface area contributed by atoms with Gasteiger partial charge in [-0.05, 0) is 17.6 Å². The van der Waals surface area contributed by atoms with Gasteiger partial charge in [0.25, 0.3) is 5.91 Å². The molecule has 0 bridgehead atoms. The predicted octanol–water partition coefficient (Wildman–Crippen LogP) is 2.30. The van der Waals surface area contributed by atoms with Crippen molar-refractivity contribution in [2.45, 2.75) is 20.8 Å². The van der Waals surface area contributed by atoms with Gasteiger partial charge in [0.05, 0.1) is 0 Å². The maximum Gasteiger partial charge on any atom is 0.328 e. The summed E-state index contributed by atoms with van der Waals surface area (Å²) in [6, 6.07) is 3.34. The first-order chi connectivity index (χ1) is 9.20. The molecular weight excluding hydrogens is 256 g/mol. The molecule has 1 N–H and O–H groups in total. The van der Waals surface area contributed by atoms with Crippen molar-refractivity contribution in [2.24, 2.45) is 5.41 Å². The lowest BCUT2D eigenvalue weighted by Crippen LogP contribution is -2.35. The summed E-state index contributed by atoms with van der Waals surface area (Å²) in [5, 5.41) is 8.66. The second-order valence-electron chi connectivity index (χ2n) is 5.83. The van der Waals surface area contributed by atoms with Crippen LogP contribution in [0.4, 0.5) is 0 Å². The maximum absolute atomic E-state index is 12.4. The van der Waals surface area contributed by atoms with Crippen LogP contribution in [-0.2, 0) is 4.79 Å². The van der Waals surface area contributed by atoms with Gasteiger partial charge in [0, 0.05) is 31.4 Å². The molecule has 108 valence electrons. The molecule has 0 aromatic carbocycles. The summed E-state index contributed by atoms with van der Waals surface area (Å²) in [5.41, 5.74) is 0.744. The van der Waals surface area contributed by atoms with Gasteiger partial charge >= 0.3 is 5.97 Å². The molecule has 0 spiro atoms. The van der Waals surface area contributed by atoms with E-state index in [1.54, 1.807) is 24.1 Å². The van der Waals surface area contributed by atoms with Crippen molar-refractivity contribution < 1.29 is 14.7 Å². The van der Waals surface area contributed by atoms with Crippen molar-refractivity contribution in [1.82, 2.24) is 9.88 Å². The van der Waals surface area contributed by atoms with Crippen LogP contribution in [0.3, 0.4) is 0 Å². The Hall–Kier alpha value is -2.17. The summed E-state index contributed by atoms with van der Waals surface area (Å²) in [6.07, 6.45) is 3.90. The van der Waals surface area contributed by atoms with E-state index in [1.165, 1.54) is 12.3 Å². The minimum atomic E-state index is -1.06. The Morgan fingerprint density at radius 1 is 1.40 bits per heavy atom. The number of carbonyl (C=O) groups excluding carboxylic acids is 1. The zero-order valence-electron chi connectivity index (χ0n) is 12.3. The van der Waals surface area contributed by atoms with Crippen molar-refractivity contribution in [3.63, 3.8) is 0 Å². The molecule has 1 aromatic rings. The molecular formula is C15H20N2O3. The van der Waals surface area contributed by atoms with Crippen molar-refractivity contribution in [3.8, 4) is 0 Å². The van der Waals surface area contributed by atoms with Crippen molar-refractivity contribution in [3.05, 3.63) is 35.7 Å². The minimum Gasteiger partial charge on any atom is -0.478 e. The molecule has 0 saturated heterocycles. The van der Waals surface area contributed by atoms with E-state index in [2.05, 4.69) is 4.98 Å². The molecule has 1 amide bonds. The Bertz CT molecular complexity index is 530. The molecule has 1 heterocycles. The quantitative estimate of drug-likeness (QED) is 0.857. The molecule has 0 fully saturated rings. The van der Waals surface area contributed by atoms with Gasteiger partial charge in [-0.3, -0.25) is 9.78 Å². The maximum atomic E-state index is 12.4. The number of rotatable bonds is 4. The third kappa shape index (κ3) is 4.84. The van der Waals surface area contributed by atoms with Crippen LogP contribution in [0.25, 0.3) is 6.08 Å². The van der Waals surface area contributed by atoms with Gasteiger partial charge in [0.1, 0.15) is 5.69 Å². The number of carboxylic acids is 1. The smallest absolute Gasteiger partial charge is 0.328 e. The largest absolute Gasteiger partial charge is 0.478 e. The summed E-state index contributed by atoms with van der Waals surface area (Å²) in [5.74, 6) is -1.28. The van der Waals surface area contributed by atoms with Crippen LogP contribution in [0, 0.1) is 5.41 Å². The zero-order valence-corrected chi connectivity index (χ0v) is 12.3. The van der Waals surface area contributed by atoms with Gasteiger partial charge in [-0.25, -0.2) is 4.79 Å². The fourth-order valence-electron chi connectivity index (χ4n) is 1.86. The molecule has 0 unspecified atom stereocenters. The van der Waals surface area contributed by atoms with Crippen LogP contribution in [0.1, 0.15) is 36.8 Å². The third-order valence-corrected chi connectivity index (χ3v) is 2.51. The highest BCUT2D eigenvalue weighted by molar-refractivity contribution is 5.97. The molecule has 0 aliphatic heterocycles. The highest BCUT2D eigenvalue weighted by atomic mass is 16.4. The molecule has 0 atom stereocenters. The number of hydrogen-bond donors (Lipinski definition) is 1. The van der Waals surface area contributed by atoms with E-state index in [1.807, 2.05) is 20.8 Å². The van der Waals surface area contributed by atoms with Crippen molar-refractivity contribution in [1.29, 1.82) is 0 Å². The molecule has 20 heavy (non-hydrogen) atoms. The van der Waals surface area contributed by atoms with Gasteiger partial charge in [0.2, 0.25) is 0 Å². The van der Waals surface area contributed by atoms with E-state index in [-0.39, 0.29) is 17.0 Å². The average molecular weight is 276 g/mol. The van der Waals surface area contributed by atoms with Crippen LogP contribution in [0.5, 0.6) is 0 Å². The zero-order chi connectivity index (χ0) is 15.3. The van der Waals surface area contributed by atoms with E-state index >= 15 is 0 Å². The van der Waals surface area contributed by atoms with Gasteiger partial charge in [-0.1, -0.05) is 26.8 Å². The number of carboxylic acid groups (broad SMARTS) is 1. The molecule has 0 aliphatic rings. The number of hydrogen-bond acceptors (Lipinski definition) is 3. The minimum absolute atomic E-state index is 0.0176. The van der Waals surface area contributed by atoms with Gasteiger partial charge in [-0.15, -0.1) is 0 Å². The number of carbonyl (C=O) groups is 2. The van der Waals surface area contributed by atoms with E-state index < -0.39 is 5.97 Å². The lowest BCUT2D eigenvalue weighted by molar-refractivity contribution is -0.131. The van der Waals surface area contributed by atoms with Crippen molar-refractivity contribution in [2.75, 3.05) is 13.6 Å². The first-order valence-corrected chi connectivity index (χ1v) is 6.32. The second-order valence-corrected chi connectivity index (χ2v) is 5.83. The summed E-state index contributed by atoms with van der Waals surface area (Å²) in [7, 11) is 1.72. The Morgan fingerprint density at radius 2 is 2.05 bits per heavy atom. The Morgan fingerprint density at radius 3 is 2.60 bits per heavy atom. The van der Waals surface area contributed by atoms with E-state index in [9.17, 15) is 9.59 Å². The van der Waals surface area contributed by atoms with E-state index in [4.69, 9.17) is 5.11 Å². The van der Waals surface area contributed by atoms with Gasteiger partial charge in [0.15, 0.2) is 0 Å². The van der Waals surface area contributed by atoms with Crippen LogP contribution >= 0.6 is 0 Å². The summed E-state index contributed by atoms with van der Waals surface area (Å²) < 4.78 is 0. The standard InChI is InChI=1S/C15H20N2O3/c1-15(2,3)10-17(4)14(20)13-11(6-5-9-16-13)7-8-12(18)19/h5-9H,10H2,1-4H3,(H,18,19)/b8-7+. The summed E-state index contributed by atoms with van der Waals surface area (Å²) in [4.78, 5) is 28.6. The van der Waals surface area contributed by atoms with E-state index in [0.29, 0.717) is 12.1 Å². The second kappa shape index (κ2) is 6.32. The predicted molar refractivity (Wildman–Crippen MR) is 77.3 cm³/mol. The lowest BCUT2D eigenvalue weighted by atomic mass is 9.96. The number of pyridine rings is 1. The Labute approximate surface area is 118 Å². The fourth-order valence-corrected chi connectivity index (χ4v) is 1.86. The molecule has 0 aliphatic carbocycles. The highest BCUT2D eigenvalue weighted by Crippen LogP contribution is 2.17. The van der Waals surface area contributed by atoms with Crippen LogP contribution in [0.15, 0.2) is 24.4 Å². The average Bonchev–Trinajstić information content (AvgIpc) is 2.33. The first-order valence-electron chi connectivity index (χ1n) is 6.32. The van der Waals surface area contributed by atoms with Crippen LogP contribution in [-0.4, -0.2) is 40.5 Å². The number of aliphatic carboxylic acids is 1. The first kappa shape index (κ1) is 15.9. The van der Waals surface area contributed by atoms with E-state index in [0.717, 1.165) is 6.08 Å². The Kier molecular flexibility index (Phi) is 5.02. The van der Waals surface area contributed by atoms with Gasteiger partial charge < -0.3 is 10.0 Å². The highest BCUT2D eigenvalue weighted by Gasteiger charge is 2.21. The molecule has 5 heteroatoms. The molecule has 5 nitrogen and oxygen atoms in total. The topological polar surface area (TPSA) is 70.5 Å². The molecule has 0 saturated carbocycles. The number of aromatic nitrogens is 1. The summed E-state index contributed by atoms with van der Waals surface area (Å²) in [6.45, 7) is 6.71. The van der Waals surface area contributed by atoms with Crippen LogP contribution < -0.4 is 0 Å². The SMILES string of the molecule is CN(CC(C)(C)C)C(=O)c1ncccc1/C=C/C(=O)O. The van der Waals surface area contributed by atoms with Crippen LogP contribution in [0.2, 0.25) is 0 Å². The molecule has 1 rings (SSSR count). The summed E-state index contributed by atoms with van der Waals surface area (Å²) >= 11 is 0. The molecule has 0 radical (unpaired) electrons. The fraction of sp³-hybridized carbons (Fsp3) is 0.400. The number of nitrogens with zero attached hydrogens (tertiary/aromatic N) is 2. The normalized spacial score (nSPS) is 11.6. The van der Waals surface area contributed by atoms with Crippen molar-refractivity contribution >= 4 is 18.0 Å². The van der Waals surface area contributed by atoms with Gasteiger partial charge in [-0.2, -0.15) is 0 Å². The monoisotopic (exact) mass is 276 g/mol. The Balaban J connectivity index is 3.01. The third-order valence-electron chi connectivity index (χ3n) is 2.51. The number of amides is 1. The lowest BCUT2D eigenvalue weighted by Gasteiger charge is -2.26.